The minimum atomic E-state index is -0.864. The molecule has 1 heterocycles. The molecule has 62 heavy (non-hydrogen) atoms. The summed E-state index contributed by atoms with van der Waals surface area (Å²) in [7, 11) is 5.65. The highest BCUT2D eigenvalue weighted by Crippen LogP contribution is 2.41. The van der Waals surface area contributed by atoms with E-state index in [1.54, 1.807) is 122 Å². The summed E-state index contributed by atoms with van der Waals surface area (Å²) in [5.74, 6) is -1.74. The van der Waals surface area contributed by atoms with Crippen molar-refractivity contribution in [3.05, 3.63) is 166 Å². The zero-order chi connectivity index (χ0) is 44.2. The lowest BCUT2D eigenvalue weighted by molar-refractivity contribution is -0.116. The van der Waals surface area contributed by atoms with Gasteiger partial charge in [0, 0.05) is 21.8 Å². The van der Waals surface area contributed by atoms with E-state index in [1.165, 1.54) is 46.3 Å². The van der Waals surface area contributed by atoms with E-state index in [0.717, 1.165) is 11.3 Å². The number of hydrogen-bond donors (Lipinski definition) is 4. The van der Waals surface area contributed by atoms with Crippen LogP contribution in [0, 0.1) is 6.92 Å². The van der Waals surface area contributed by atoms with Gasteiger partial charge in [-0.1, -0.05) is 72.8 Å². The normalized spacial score (nSPS) is 11.4. The third-order valence-corrected chi connectivity index (χ3v) is 11.7. The quantitative estimate of drug-likeness (QED) is 0.0418. The first-order valence-corrected chi connectivity index (χ1v) is 20.6. The number of rotatable bonds is 16. The van der Waals surface area contributed by atoms with Gasteiger partial charge in [-0.05, 0) is 84.3 Å². The Labute approximate surface area is 366 Å². The number of anilines is 3. The molecule has 316 valence electrons. The van der Waals surface area contributed by atoms with E-state index in [2.05, 4.69) is 21.3 Å². The Morgan fingerprint density at radius 1 is 0.661 bits per heavy atom. The van der Waals surface area contributed by atoms with E-state index >= 15 is 0 Å². The minimum Gasteiger partial charge on any atom is -0.493 e. The van der Waals surface area contributed by atoms with Gasteiger partial charge in [0.15, 0.2) is 11.5 Å². The van der Waals surface area contributed by atoms with E-state index in [4.69, 9.17) is 18.9 Å². The van der Waals surface area contributed by atoms with E-state index in [-0.39, 0.29) is 21.1 Å². The van der Waals surface area contributed by atoms with Gasteiger partial charge in [-0.15, -0.1) is 23.1 Å². The van der Waals surface area contributed by atoms with Crippen molar-refractivity contribution in [2.45, 2.75) is 17.1 Å². The first-order chi connectivity index (χ1) is 30.0. The summed E-state index contributed by atoms with van der Waals surface area (Å²) in [5, 5.41) is 10.6. The summed E-state index contributed by atoms with van der Waals surface area (Å²) in [6.45, 7) is 1.62. The third-order valence-electron chi connectivity index (χ3n) is 9.22. The van der Waals surface area contributed by atoms with Crippen LogP contribution in [0.3, 0.4) is 0 Å². The molecule has 0 aliphatic heterocycles. The van der Waals surface area contributed by atoms with Gasteiger partial charge in [-0.25, -0.2) is 4.79 Å². The molecule has 0 aliphatic rings. The number of carbonyl (C=O) groups is 5. The first-order valence-electron chi connectivity index (χ1n) is 18.9. The molecule has 6 rings (SSSR count). The Balaban J connectivity index is 1.28. The smallest absolute Gasteiger partial charge is 0.341 e. The van der Waals surface area contributed by atoms with Crippen molar-refractivity contribution < 1.29 is 42.9 Å². The van der Waals surface area contributed by atoms with Gasteiger partial charge in [0.2, 0.25) is 11.7 Å². The molecular weight excluding hydrogens is 829 g/mol. The van der Waals surface area contributed by atoms with Crippen molar-refractivity contribution in [2.75, 3.05) is 44.4 Å². The van der Waals surface area contributed by atoms with Crippen LogP contribution in [0.5, 0.6) is 17.2 Å². The zero-order valence-corrected chi connectivity index (χ0v) is 35.9. The minimum absolute atomic E-state index is 0.0697. The molecule has 13 nitrogen and oxygen atoms in total. The summed E-state index contributed by atoms with van der Waals surface area (Å²) in [6, 6.07) is 36.5. The number of carbonyl (C=O) groups excluding carboxylic acids is 5. The molecule has 15 heteroatoms. The number of thiophene rings is 1. The molecule has 0 saturated carbocycles. The second kappa shape index (κ2) is 20.7. The molecule has 0 aliphatic carbocycles. The molecule has 0 fully saturated rings. The van der Waals surface area contributed by atoms with Crippen LogP contribution < -0.4 is 35.5 Å². The first kappa shape index (κ1) is 44.2. The molecule has 4 amide bonds. The van der Waals surface area contributed by atoms with Crippen molar-refractivity contribution in [2.24, 2.45) is 0 Å². The lowest BCUT2D eigenvalue weighted by Crippen LogP contribution is -2.30. The number of amides is 4. The van der Waals surface area contributed by atoms with Crippen LogP contribution in [-0.4, -0.2) is 58.0 Å². The van der Waals surface area contributed by atoms with Gasteiger partial charge in [-0.3, -0.25) is 19.2 Å². The highest BCUT2D eigenvalue weighted by molar-refractivity contribution is 8.00. The summed E-state index contributed by atoms with van der Waals surface area (Å²) in [5.41, 5.74) is 2.74. The predicted molar refractivity (Wildman–Crippen MR) is 242 cm³/mol. The molecule has 1 aromatic heterocycles. The average molecular weight is 871 g/mol. The van der Waals surface area contributed by atoms with Gasteiger partial charge in [0.1, 0.15) is 15.9 Å². The van der Waals surface area contributed by atoms with Crippen LogP contribution in [0.4, 0.5) is 16.4 Å². The van der Waals surface area contributed by atoms with Crippen molar-refractivity contribution in [1.82, 2.24) is 5.32 Å². The number of methoxy groups -OCH3 is 4. The molecule has 0 radical (unpaired) electrons. The summed E-state index contributed by atoms with van der Waals surface area (Å²) in [4.78, 5) is 69.0. The van der Waals surface area contributed by atoms with Gasteiger partial charge >= 0.3 is 5.97 Å². The fourth-order valence-electron chi connectivity index (χ4n) is 6.23. The Bertz CT molecular complexity index is 2590. The van der Waals surface area contributed by atoms with E-state index in [0.29, 0.717) is 55.8 Å². The molecule has 5 aromatic carbocycles. The number of para-hydroxylation sites is 1. The van der Waals surface area contributed by atoms with E-state index in [1.807, 2.05) is 12.1 Å². The average Bonchev–Trinajstić information content (AvgIpc) is 3.62. The zero-order valence-electron chi connectivity index (χ0n) is 34.3. The van der Waals surface area contributed by atoms with Gasteiger partial charge in [0.25, 0.3) is 17.7 Å². The number of ether oxygens (including phenoxy) is 4. The van der Waals surface area contributed by atoms with E-state index < -0.39 is 34.8 Å². The number of nitrogens with one attached hydrogen (secondary N) is 4. The highest BCUT2D eigenvalue weighted by atomic mass is 32.2. The Kier molecular flexibility index (Phi) is 14.8. The monoisotopic (exact) mass is 870 g/mol. The molecule has 0 spiro atoms. The maximum absolute atomic E-state index is 14.3. The molecule has 4 N–H and O–H groups in total. The molecule has 1 unspecified atom stereocenters. The molecule has 0 bridgehead atoms. The highest BCUT2D eigenvalue weighted by Gasteiger charge is 2.30. The number of benzene rings is 5. The third kappa shape index (κ3) is 10.7. The largest absolute Gasteiger partial charge is 0.493 e. The molecule has 0 saturated heterocycles. The van der Waals surface area contributed by atoms with Crippen LogP contribution in [-0.2, 0) is 14.3 Å². The standard InChI is InChI=1S/C47H42N4O9S2/c1-28-38(47(56)60-5)46(62-40(28)44(54)48-32-20-13-8-14-21-32)51-45(55)41(30-16-9-6-10-17-30)61-34-23-15-22-33(27-34)49-43(53)35(50-42(52)31-18-11-7-12-19-31)24-29-25-36(57-2)39(59-4)37(26-29)58-3/h6-27,41H,1-5H3,(H,48,54)(H,49,53)(H,50,52)(H,51,55)/b35-24+. The van der Waals surface area contributed by atoms with Crippen LogP contribution in [0.2, 0.25) is 0 Å². The number of esters is 1. The van der Waals surface area contributed by atoms with Crippen molar-refractivity contribution in [3.63, 3.8) is 0 Å². The lowest BCUT2D eigenvalue weighted by Gasteiger charge is -2.18. The number of thioether (sulfide) groups is 1. The van der Waals surface area contributed by atoms with Gasteiger partial charge in [0.05, 0.1) is 38.9 Å². The van der Waals surface area contributed by atoms with Crippen LogP contribution >= 0.6 is 23.1 Å². The van der Waals surface area contributed by atoms with Crippen LogP contribution in [0.15, 0.2) is 138 Å². The van der Waals surface area contributed by atoms with Gasteiger partial charge in [-0.2, -0.15) is 0 Å². The summed E-state index contributed by atoms with van der Waals surface area (Å²) >= 11 is 2.17. The fraction of sp³-hybridized carbons (Fsp3) is 0.128. The fourth-order valence-corrected chi connectivity index (χ4v) is 8.41. The van der Waals surface area contributed by atoms with Gasteiger partial charge < -0.3 is 40.2 Å². The van der Waals surface area contributed by atoms with Crippen LogP contribution in [0.25, 0.3) is 6.08 Å². The van der Waals surface area contributed by atoms with Crippen molar-refractivity contribution in [1.29, 1.82) is 0 Å². The summed E-state index contributed by atoms with van der Waals surface area (Å²) in [6.07, 6.45) is 1.49. The second-order valence-electron chi connectivity index (χ2n) is 13.3. The maximum Gasteiger partial charge on any atom is 0.341 e. The molecule has 6 aromatic rings. The topological polar surface area (TPSA) is 170 Å². The Morgan fingerprint density at radius 3 is 1.89 bits per heavy atom. The molecule has 1 atom stereocenters. The van der Waals surface area contributed by atoms with Crippen molar-refractivity contribution in [3.8, 4) is 17.2 Å². The van der Waals surface area contributed by atoms with E-state index in [9.17, 15) is 24.0 Å². The maximum atomic E-state index is 14.3. The summed E-state index contributed by atoms with van der Waals surface area (Å²) < 4.78 is 21.5. The predicted octanol–water partition coefficient (Wildman–Crippen LogP) is 9.00. The van der Waals surface area contributed by atoms with Crippen molar-refractivity contribution >= 4 is 75.1 Å². The second-order valence-corrected chi connectivity index (χ2v) is 15.5. The van der Waals surface area contributed by atoms with Crippen LogP contribution in [0.1, 0.15) is 52.3 Å². The Morgan fingerprint density at radius 2 is 1.27 bits per heavy atom. The lowest BCUT2D eigenvalue weighted by atomic mass is 10.1. The SMILES string of the molecule is COC(=O)c1c(NC(=O)C(Sc2cccc(NC(=O)/C(=C\c3cc(OC)c(OC)c(OC)c3)NC(=O)c3ccccc3)c2)c2ccccc2)sc(C(=O)Nc2ccccc2)c1C. The molecular formula is C47H42N4O9S2. The number of hydrogen-bond acceptors (Lipinski definition) is 11. The Hall–Kier alpha value is -7.36.